The Hall–Kier alpha value is -7.37. The highest BCUT2D eigenvalue weighted by Crippen LogP contribution is 2.39. The number of rotatable bonds is 5. The standard InChI is InChI=1S/C49H30N4O/c1-3-12-32(13-4-1)47-50-48(33-14-5-2-6-15-33)52-49(51-47)40-19-11-21-44-46(40)39-27-24-36(30-45(39)54-44)31-22-25-37(26-23-31)53-42-20-10-9-18-38(42)41-28-34-16-7-8-17-35(34)29-43(41)53/h1-30H/i1D,2D,3D,4D,5D,6D,7D,8D,9D,10D,11D,12D,13D,14D,15D,16D,17D,18D,19D,20D,21D,22D,23D,24D,25D,26D,27D,28D,29D,30D. The maximum Gasteiger partial charge on any atom is 0.164 e. The zero-order valence-electron chi connectivity index (χ0n) is 56.7. The second-order valence-corrected chi connectivity index (χ2v) is 11.3. The van der Waals surface area contributed by atoms with E-state index in [-0.39, 0.29) is 0 Å². The van der Waals surface area contributed by atoms with Gasteiger partial charge < -0.3 is 8.98 Å². The van der Waals surface area contributed by atoms with Gasteiger partial charge in [0.15, 0.2) is 17.5 Å². The molecule has 0 fully saturated rings. The molecule has 8 aromatic carbocycles. The van der Waals surface area contributed by atoms with Gasteiger partial charge in [-0.05, 0) is 70.2 Å². The molecule has 0 radical (unpaired) electrons. The lowest BCUT2D eigenvalue weighted by atomic mass is 10.0. The molecular formula is C49H30N4O. The Labute approximate surface area is 352 Å². The zero-order valence-corrected chi connectivity index (χ0v) is 26.7. The Balaban J connectivity index is 1.23. The normalized spacial score (nSPS) is 19.5. The molecule has 0 atom stereocenters. The summed E-state index contributed by atoms with van der Waals surface area (Å²) in [7, 11) is 0. The highest BCUT2D eigenvalue weighted by molar-refractivity contribution is 6.14. The number of benzene rings is 8. The van der Waals surface area contributed by atoms with Crippen LogP contribution in [0.3, 0.4) is 0 Å². The van der Waals surface area contributed by atoms with Crippen molar-refractivity contribution in [2.45, 2.75) is 0 Å². The summed E-state index contributed by atoms with van der Waals surface area (Å²) in [4.78, 5) is 12.9. The number of hydrogen-bond donors (Lipinski definition) is 0. The van der Waals surface area contributed by atoms with E-state index in [9.17, 15) is 13.7 Å². The number of fused-ring (bicyclic) bond motifs is 7. The van der Waals surface area contributed by atoms with Crippen molar-refractivity contribution in [1.29, 1.82) is 0 Å². The van der Waals surface area contributed by atoms with Crippen molar-refractivity contribution < 1.29 is 45.5 Å². The quantitative estimate of drug-likeness (QED) is 0.178. The number of aromatic nitrogens is 4. The van der Waals surface area contributed by atoms with Gasteiger partial charge in [0.25, 0.3) is 0 Å². The Morgan fingerprint density at radius 2 is 1.04 bits per heavy atom. The van der Waals surface area contributed by atoms with E-state index < -0.39 is 287 Å². The number of para-hydroxylation sites is 1. The summed E-state index contributed by atoms with van der Waals surface area (Å²) in [5.74, 6) is -2.41. The molecule has 252 valence electrons. The van der Waals surface area contributed by atoms with Crippen LogP contribution in [0.4, 0.5) is 0 Å². The summed E-state index contributed by atoms with van der Waals surface area (Å²) in [6, 6.07) is -26.9. The molecule has 0 N–H and O–H groups in total. The van der Waals surface area contributed by atoms with E-state index >= 15 is 0 Å². The highest BCUT2D eigenvalue weighted by atomic mass is 16.3. The Kier molecular flexibility index (Phi) is 2.90. The summed E-state index contributed by atoms with van der Waals surface area (Å²) in [6.45, 7) is 0. The van der Waals surface area contributed by atoms with Gasteiger partial charge in [-0.2, -0.15) is 0 Å². The lowest BCUT2D eigenvalue weighted by molar-refractivity contribution is 0.669. The topological polar surface area (TPSA) is 56.7 Å². The Bertz CT molecular complexity index is 4800. The Morgan fingerprint density at radius 1 is 0.407 bits per heavy atom. The fourth-order valence-corrected chi connectivity index (χ4v) is 5.92. The third-order valence-corrected chi connectivity index (χ3v) is 8.25. The van der Waals surface area contributed by atoms with E-state index in [0.717, 1.165) is 4.57 Å². The average Bonchev–Trinajstić information content (AvgIpc) is 1.87. The van der Waals surface area contributed by atoms with Crippen molar-refractivity contribution in [1.82, 2.24) is 19.5 Å². The summed E-state index contributed by atoms with van der Waals surface area (Å²) < 4.78 is 273. The van der Waals surface area contributed by atoms with Crippen molar-refractivity contribution in [2.24, 2.45) is 0 Å². The fraction of sp³-hybridized carbons (Fsp3) is 0. The molecule has 11 rings (SSSR count). The molecule has 54 heavy (non-hydrogen) atoms. The largest absolute Gasteiger partial charge is 0.456 e. The monoisotopic (exact) mass is 720 g/mol. The third kappa shape index (κ3) is 4.90. The molecular weight excluding hydrogens is 661 g/mol. The molecule has 3 heterocycles. The van der Waals surface area contributed by atoms with Crippen molar-refractivity contribution in [2.75, 3.05) is 0 Å². The first-order valence-corrected chi connectivity index (χ1v) is 15.7. The van der Waals surface area contributed by atoms with E-state index in [1.807, 2.05) is 0 Å². The minimum Gasteiger partial charge on any atom is -0.456 e. The molecule has 0 aliphatic heterocycles. The average molecular weight is 721 g/mol. The molecule has 5 nitrogen and oxygen atoms in total. The lowest BCUT2D eigenvalue weighted by Crippen LogP contribution is -2.00. The van der Waals surface area contributed by atoms with Gasteiger partial charge in [0.1, 0.15) is 11.2 Å². The molecule has 0 saturated carbocycles. The zero-order chi connectivity index (χ0) is 61.7. The van der Waals surface area contributed by atoms with Crippen molar-refractivity contribution in [3.05, 3.63) is 181 Å². The molecule has 0 aliphatic carbocycles. The first-order chi connectivity index (χ1) is 39.3. The van der Waals surface area contributed by atoms with E-state index in [1.165, 1.54) is 0 Å². The molecule has 0 unspecified atom stereocenters. The Morgan fingerprint density at radius 3 is 1.78 bits per heavy atom. The van der Waals surface area contributed by atoms with Gasteiger partial charge in [-0.1, -0.05) is 133 Å². The maximum atomic E-state index is 9.57. The van der Waals surface area contributed by atoms with Crippen LogP contribution in [0.15, 0.2) is 186 Å². The predicted octanol–water partition coefficient (Wildman–Crippen LogP) is 12.7. The molecule has 11 aromatic rings. The van der Waals surface area contributed by atoms with Gasteiger partial charge in [-0.3, -0.25) is 0 Å². The molecule has 0 aliphatic rings. The van der Waals surface area contributed by atoms with Crippen LogP contribution in [0.5, 0.6) is 0 Å². The van der Waals surface area contributed by atoms with Crippen LogP contribution < -0.4 is 0 Å². The van der Waals surface area contributed by atoms with Gasteiger partial charge >= 0.3 is 0 Å². The fourth-order valence-electron chi connectivity index (χ4n) is 5.92. The number of hydrogen-bond acceptors (Lipinski definition) is 4. The van der Waals surface area contributed by atoms with Crippen LogP contribution in [0.2, 0.25) is 0 Å². The molecule has 0 bridgehead atoms. The molecule has 0 spiro atoms. The van der Waals surface area contributed by atoms with Crippen LogP contribution in [0.25, 0.3) is 105 Å². The predicted molar refractivity (Wildman–Crippen MR) is 221 cm³/mol. The van der Waals surface area contributed by atoms with Crippen LogP contribution in [-0.4, -0.2) is 19.5 Å². The van der Waals surface area contributed by atoms with Crippen molar-refractivity contribution in [3.8, 4) is 51.0 Å². The van der Waals surface area contributed by atoms with E-state index in [0.29, 0.717) is 0 Å². The molecule has 3 aromatic heterocycles. The molecule has 5 heteroatoms. The van der Waals surface area contributed by atoms with Crippen LogP contribution >= 0.6 is 0 Å². The number of furan rings is 1. The summed E-state index contributed by atoms with van der Waals surface area (Å²) in [5, 5.41) is -3.19. The smallest absolute Gasteiger partial charge is 0.164 e. The highest BCUT2D eigenvalue weighted by Gasteiger charge is 2.19. The van der Waals surface area contributed by atoms with Crippen LogP contribution in [-0.2, 0) is 0 Å². The van der Waals surface area contributed by atoms with Crippen LogP contribution in [0.1, 0.15) is 41.1 Å². The second-order valence-electron chi connectivity index (χ2n) is 11.3. The van der Waals surface area contributed by atoms with E-state index in [4.69, 9.17) is 31.8 Å². The van der Waals surface area contributed by atoms with Crippen molar-refractivity contribution in [3.63, 3.8) is 0 Å². The molecule has 0 saturated heterocycles. The second kappa shape index (κ2) is 12.1. The first-order valence-electron chi connectivity index (χ1n) is 30.7. The maximum absolute atomic E-state index is 9.57. The van der Waals surface area contributed by atoms with Gasteiger partial charge in [-0.15, -0.1) is 0 Å². The summed E-state index contributed by atoms with van der Waals surface area (Å²) in [5.41, 5.74) is -7.25. The SMILES string of the molecule is [2H]c1c([2H])c([2H])c(-c2nc(-c3c([2H])c([2H])c([2H])c([2H])c3[2H])nc(-c3c([2H])c([2H])c([2H])c4oc5c([2H])c(-c6c([2H])c([2H])c(-n7c8c([2H])c([2H])c([2H])c([2H])c8c8c([2H])c9c([2H])c([2H])c([2H])c([2H])c9c([2H])c87)c([2H])c6[2H])c([2H])c([2H])c5c34)n2)c([2H])c1[2H]. The van der Waals surface area contributed by atoms with Gasteiger partial charge in [-0.25, -0.2) is 15.0 Å². The minimum atomic E-state index is -1.08. The van der Waals surface area contributed by atoms with Gasteiger partial charge in [0, 0.05) is 43.9 Å². The molecule has 0 amide bonds. The van der Waals surface area contributed by atoms with E-state index in [1.54, 1.807) is 0 Å². The van der Waals surface area contributed by atoms with Gasteiger partial charge in [0.2, 0.25) is 0 Å². The van der Waals surface area contributed by atoms with E-state index in [2.05, 4.69) is 15.0 Å². The summed E-state index contributed by atoms with van der Waals surface area (Å²) in [6.07, 6.45) is 0. The lowest BCUT2D eigenvalue weighted by Gasteiger charge is -2.10. The van der Waals surface area contributed by atoms with Gasteiger partial charge in [0.05, 0.1) is 52.2 Å². The first kappa shape index (κ1) is 12.9. The minimum absolute atomic E-state index is 0.482. The number of nitrogens with zero attached hydrogens (tertiary/aromatic N) is 4. The van der Waals surface area contributed by atoms with Crippen LogP contribution in [0, 0.1) is 0 Å². The van der Waals surface area contributed by atoms with Crippen molar-refractivity contribution >= 4 is 54.5 Å². The third-order valence-electron chi connectivity index (χ3n) is 8.25. The summed E-state index contributed by atoms with van der Waals surface area (Å²) >= 11 is 0.